The van der Waals surface area contributed by atoms with Crippen molar-refractivity contribution >= 4 is 5.91 Å². The summed E-state index contributed by atoms with van der Waals surface area (Å²) in [7, 11) is 0. The lowest BCUT2D eigenvalue weighted by Gasteiger charge is -2.41. The Balaban J connectivity index is 1.88. The summed E-state index contributed by atoms with van der Waals surface area (Å²) >= 11 is 0. The second-order valence-corrected chi connectivity index (χ2v) is 6.27. The SMILES string of the molecule is CC(NN1C(C)CCCC1C)C(=O)N1CCCCC1. The zero-order valence-electron chi connectivity index (χ0n) is 12.7. The molecule has 4 nitrogen and oxygen atoms in total. The highest BCUT2D eigenvalue weighted by Gasteiger charge is 2.29. The van der Waals surface area contributed by atoms with Gasteiger partial charge in [-0.15, -0.1) is 0 Å². The number of hydrazine groups is 1. The van der Waals surface area contributed by atoms with E-state index < -0.39 is 0 Å². The number of piperidine rings is 2. The average molecular weight is 267 g/mol. The van der Waals surface area contributed by atoms with Crippen molar-refractivity contribution in [2.45, 2.75) is 77.4 Å². The van der Waals surface area contributed by atoms with Gasteiger partial charge in [0.05, 0.1) is 6.04 Å². The minimum Gasteiger partial charge on any atom is -0.341 e. The molecule has 3 unspecified atom stereocenters. The van der Waals surface area contributed by atoms with Crippen LogP contribution in [0.5, 0.6) is 0 Å². The molecule has 2 fully saturated rings. The van der Waals surface area contributed by atoms with E-state index in [1.807, 2.05) is 11.8 Å². The van der Waals surface area contributed by atoms with E-state index in [4.69, 9.17) is 0 Å². The maximum Gasteiger partial charge on any atom is 0.240 e. The Morgan fingerprint density at radius 1 is 1.05 bits per heavy atom. The topological polar surface area (TPSA) is 35.6 Å². The van der Waals surface area contributed by atoms with Crippen LogP contribution in [0.15, 0.2) is 0 Å². The Labute approximate surface area is 117 Å². The summed E-state index contributed by atoms with van der Waals surface area (Å²) < 4.78 is 0. The van der Waals surface area contributed by atoms with E-state index in [1.165, 1.54) is 25.7 Å². The number of nitrogens with one attached hydrogen (secondary N) is 1. The van der Waals surface area contributed by atoms with Gasteiger partial charge in [0.1, 0.15) is 0 Å². The van der Waals surface area contributed by atoms with Gasteiger partial charge in [-0.25, -0.2) is 10.4 Å². The van der Waals surface area contributed by atoms with Crippen LogP contribution in [0.1, 0.15) is 59.3 Å². The number of likely N-dealkylation sites (tertiary alicyclic amines) is 1. The standard InChI is InChI=1S/C15H29N3O/c1-12-8-7-9-13(2)18(12)16-14(3)15(19)17-10-5-4-6-11-17/h12-14,16H,4-11H2,1-3H3. The van der Waals surface area contributed by atoms with Crippen LogP contribution in [-0.2, 0) is 4.79 Å². The summed E-state index contributed by atoms with van der Waals surface area (Å²) in [6.07, 6.45) is 7.34. The lowest BCUT2D eigenvalue weighted by Crippen LogP contribution is -2.58. The summed E-state index contributed by atoms with van der Waals surface area (Å²) in [6.45, 7) is 8.39. The molecule has 110 valence electrons. The summed E-state index contributed by atoms with van der Waals surface area (Å²) in [4.78, 5) is 14.5. The van der Waals surface area contributed by atoms with E-state index in [-0.39, 0.29) is 11.9 Å². The van der Waals surface area contributed by atoms with Gasteiger partial charge in [0.25, 0.3) is 0 Å². The predicted molar refractivity (Wildman–Crippen MR) is 77.6 cm³/mol. The molecule has 0 radical (unpaired) electrons. The summed E-state index contributed by atoms with van der Waals surface area (Å²) in [5.74, 6) is 0.268. The molecule has 0 spiro atoms. The van der Waals surface area contributed by atoms with Crippen LogP contribution in [0, 0.1) is 0 Å². The lowest BCUT2D eigenvalue weighted by atomic mass is 9.99. The van der Waals surface area contributed by atoms with Gasteiger partial charge < -0.3 is 4.90 Å². The number of amides is 1. The van der Waals surface area contributed by atoms with E-state index in [9.17, 15) is 4.79 Å². The van der Waals surface area contributed by atoms with Crippen molar-refractivity contribution in [3.63, 3.8) is 0 Å². The van der Waals surface area contributed by atoms with E-state index in [2.05, 4.69) is 24.3 Å². The van der Waals surface area contributed by atoms with E-state index in [1.54, 1.807) is 0 Å². The fourth-order valence-corrected chi connectivity index (χ4v) is 3.34. The Morgan fingerprint density at radius 3 is 2.21 bits per heavy atom. The first-order valence-electron chi connectivity index (χ1n) is 7.93. The van der Waals surface area contributed by atoms with Crippen molar-refractivity contribution in [3.05, 3.63) is 0 Å². The third-order valence-electron chi connectivity index (χ3n) is 4.57. The number of carbonyl (C=O) groups excluding carboxylic acids is 1. The molecule has 1 N–H and O–H groups in total. The molecule has 19 heavy (non-hydrogen) atoms. The van der Waals surface area contributed by atoms with E-state index in [0.717, 1.165) is 25.9 Å². The van der Waals surface area contributed by atoms with Crippen LogP contribution in [0.2, 0.25) is 0 Å². The van der Waals surface area contributed by atoms with Gasteiger partial charge in [0.2, 0.25) is 5.91 Å². The van der Waals surface area contributed by atoms with Gasteiger partial charge in [0, 0.05) is 25.2 Å². The van der Waals surface area contributed by atoms with Crippen LogP contribution in [0.3, 0.4) is 0 Å². The van der Waals surface area contributed by atoms with Crippen molar-refractivity contribution in [2.24, 2.45) is 0 Å². The minimum absolute atomic E-state index is 0.0962. The van der Waals surface area contributed by atoms with Gasteiger partial charge in [0.15, 0.2) is 0 Å². The van der Waals surface area contributed by atoms with Crippen LogP contribution >= 0.6 is 0 Å². The van der Waals surface area contributed by atoms with Crippen LogP contribution in [-0.4, -0.2) is 47.0 Å². The Hall–Kier alpha value is -0.610. The maximum absolute atomic E-state index is 12.4. The smallest absolute Gasteiger partial charge is 0.240 e. The predicted octanol–water partition coefficient (Wildman–Crippen LogP) is 2.15. The molecule has 0 aromatic carbocycles. The van der Waals surface area contributed by atoms with E-state index >= 15 is 0 Å². The number of hydrogen-bond donors (Lipinski definition) is 1. The molecule has 0 saturated carbocycles. The van der Waals surface area contributed by atoms with Crippen LogP contribution < -0.4 is 5.43 Å². The van der Waals surface area contributed by atoms with Crippen molar-refractivity contribution in [1.82, 2.24) is 15.3 Å². The molecule has 2 aliphatic rings. The minimum atomic E-state index is -0.0962. The van der Waals surface area contributed by atoms with Crippen molar-refractivity contribution < 1.29 is 4.79 Å². The first-order valence-corrected chi connectivity index (χ1v) is 7.93. The van der Waals surface area contributed by atoms with Gasteiger partial charge >= 0.3 is 0 Å². The molecule has 2 aliphatic heterocycles. The summed E-state index contributed by atoms with van der Waals surface area (Å²) in [5.41, 5.74) is 3.46. The average Bonchev–Trinajstić information content (AvgIpc) is 2.43. The second-order valence-electron chi connectivity index (χ2n) is 6.27. The highest BCUT2D eigenvalue weighted by molar-refractivity contribution is 5.81. The molecule has 2 rings (SSSR count). The Kier molecular flexibility index (Phi) is 5.22. The van der Waals surface area contributed by atoms with Gasteiger partial charge in [-0.1, -0.05) is 6.42 Å². The van der Waals surface area contributed by atoms with E-state index in [0.29, 0.717) is 12.1 Å². The molecule has 3 atom stereocenters. The molecule has 0 bridgehead atoms. The second kappa shape index (κ2) is 6.71. The molecule has 4 heteroatoms. The molecular weight excluding hydrogens is 238 g/mol. The molecule has 0 aliphatic carbocycles. The molecule has 2 heterocycles. The van der Waals surface area contributed by atoms with Crippen LogP contribution in [0.25, 0.3) is 0 Å². The van der Waals surface area contributed by atoms with Gasteiger partial charge in [-0.05, 0) is 52.9 Å². The number of carbonyl (C=O) groups is 1. The van der Waals surface area contributed by atoms with Crippen LogP contribution in [0.4, 0.5) is 0 Å². The van der Waals surface area contributed by atoms with Gasteiger partial charge in [-0.2, -0.15) is 0 Å². The molecule has 1 amide bonds. The highest BCUT2D eigenvalue weighted by Crippen LogP contribution is 2.21. The van der Waals surface area contributed by atoms with Crippen molar-refractivity contribution in [3.8, 4) is 0 Å². The summed E-state index contributed by atoms with van der Waals surface area (Å²) in [6, 6.07) is 0.960. The zero-order valence-corrected chi connectivity index (χ0v) is 12.7. The number of rotatable bonds is 3. The number of hydrogen-bond acceptors (Lipinski definition) is 3. The zero-order chi connectivity index (χ0) is 13.8. The first-order chi connectivity index (χ1) is 9.09. The quantitative estimate of drug-likeness (QED) is 0.851. The molecule has 0 aromatic rings. The molecule has 2 saturated heterocycles. The van der Waals surface area contributed by atoms with Crippen molar-refractivity contribution in [2.75, 3.05) is 13.1 Å². The monoisotopic (exact) mass is 267 g/mol. The fraction of sp³-hybridized carbons (Fsp3) is 0.933. The Morgan fingerprint density at radius 2 is 1.63 bits per heavy atom. The van der Waals surface area contributed by atoms with Gasteiger partial charge in [-0.3, -0.25) is 4.79 Å². The Bertz CT molecular complexity index is 292. The molecular formula is C15H29N3O. The molecule has 0 aromatic heterocycles. The third-order valence-corrected chi connectivity index (χ3v) is 4.57. The largest absolute Gasteiger partial charge is 0.341 e. The number of nitrogens with zero attached hydrogens (tertiary/aromatic N) is 2. The maximum atomic E-state index is 12.4. The highest BCUT2D eigenvalue weighted by atomic mass is 16.2. The lowest BCUT2D eigenvalue weighted by molar-refractivity contribution is -0.136. The normalized spacial score (nSPS) is 31.2. The first kappa shape index (κ1) is 14.8. The third kappa shape index (κ3) is 3.69. The summed E-state index contributed by atoms with van der Waals surface area (Å²) in [5, 5.41) is 2.30. The van der Waals surface area contributed by atoms with Crippen molar-refractivity contribution in [1.29, 1.82) is 0 Å². The fourth-order valence-electron chi connectivity index (χ4n) is 3.34.